The highest BCUT2D eigenvalue weighted by molar-refractivity contribution is 6.44. The van der Waals surface area contributed by atoms with Gasteiger partial charge >= 0.3 is 0 Å². The zero-order valence-electron chi connectivity index (χ0n) is 8.32. The predicted molar refractivity (Wildman–Crippen MR) is 51.5 cm³/mol. The number of hydrogen-bond donors (Lipinski definition) is 2. The largest absolute Gasteiger partial charge is 0.398 e. The van der Waals surface area contributed by atoms with Crippen LogP contribution in [0.15, 0.2) is 5.16 Å². The molecule has 7 heteroatoms. The molecule has 1 rings (SSSR count). The first kappa shape index (κ1) is 12.9. The average Bonchev–Trinajstić information content (AvgIpc) is 2.66. The van der Waals surface area contributed by atoms with Crippen molar-refractivity contribution in [2.45, 2.75) is 12.8 Å². The second-order valence-corrected chi connectivity index (χ2v) is 2.55. The second-order valence-electron chi connectivity index (χ2n) is 2.55. The first-order valence-corrected chi connectivity index (χ1v) is 4.19. The van der Waals surface area contributed by atoms with Crippen LogP contribution in [0.2, 0.25) is 0 Å². The van der Waals surface area contributed by atoms with Gasteiger partial charge in [-0.1, -0.05) is 5.16 Å². The van der Waals surface area contributed by atoms with Crippen LogP contribution in [0.25, 0.3) is 0 Å². The van der Waals surface area contributed by atoms with E-state index in [1.807, 2.05) is 0 Å². The van der Waals surface area contributed by atoms with E-state index in [4.69, 9.17) is 5.26 Å². The molecule has 0 unspecified atom stereocenters. The Hall–Kier alpha value is -2.10. The van der Waals surface area contributed by atoms with Crippen LogP contribution >= 0.6 is 0 Å². The van der Waals surface area contributed by atoms with Gasteiger partial charge in [0, 0.05) is 13.0 Å². The molecule has 0 aliphatic carbocycles. The SMILES string of the molecule is CON=C(C#N)C(N)=O.O=C1CCCN1. The third kappa shape index (κ3) is 6.04. The van der Waals surface area contributed by atoms with Crippen LogP contribution in [0.3, 0.4) is 0 Å². The van der Waals surface area contributed by atoms with Crippen LogP contribution in [0, 0.1) is 11.3 Å². The highest BCUT2D eigenvalue weighted by Gasteiger charge is 2.05. The molecule has 0 atom stereocenters. The van der Waals surface area contributed by atoms with Crippen LogP contribution in [0.1, 0.15) is 12.8 Å². The molecule has 0 radical (unpaired) electrons. The molecule has 0 aromatic rings. The monoisotopic (exact) mass is 212 g/mol. The lowest BCUT2D eigenvalue weighted by Gasteiger charge is -1.86. The number of primary amides is 1. The average molecular weight is 212 g/mol. The lowest BCUT2D eigenvalue weighted by Crippen LogP contribution is -2.21. The number of rotatable bonds is 2. The first-order chi connectivity index (χ1) is 7.11. The summed E-state index contributed by atoms with van der Waals surface area (Å²) in [5, 5.41) is 13.8. The molecule has 2 amide bonds. The molecular weight excluding hydrogens is 200 g/mol. The Balaban J connectivity index is 0.000000280. The van der Waals surface area contributed by atoms with Gasteiger partial charge in [-0.3, -0.25) is 9.59 Å². The zero-order chi connectivity index (χ0) is 11.7. The summed E-state index contributed by atoms with van der Waals surface area (Å²) in [7, 11) is 1.22. The van der Waals surface area contributed by atoms with Gasteiger partial charge in [-0.2, -0.15) is 5.26 Å². The number of nitrogens with zero attached hydrogens (tertiary/aromatic N) is 2. The molecular formula is C8H12N4O3. The van der Waals surface area contributed by atoms with Crippen molar-refractivity contribution in [2.24, 2.45) is 10.9 Å². The van der Waals surface area contributed by atoms with Crippen LogP contribution in [-0.4, -0.2) is 31.2 Å². The molecule has 3 N–H and O–H groups in total. The summed E-state index contributed by atoms with van der Waals surface area (Å²) in [6, 6.07) is 1.45. The molecule has 7 nitrogen and oxygen atoms in total. The molecule has 1 heterocycles. The van der Waals surface area contributed by atoms with Gasteiger partial charge in [0.25, 0.3) is 5.91 Å². The highest BCUT2D eigenvalue weighted by atomic mass is 16.6. The summed E-state index contributed by atoms with van der Waals surface area (Å²) < 4.78 is 0. The first-order valence-electron chi connectivity index (χ1n) is 4.19. The Morgan fingerprint density at radius 1 is 1.73 bits per heavy atom. The third-order valence-electron chi connectivity index (χ3n) is 1.42. The number of carbonyl (C=O) groups is 2. The minimum absolute atomic E-state index is 0.204. The molecule has 0 saturated carbocycles. The summed E-state index contributed by atoms with van der Waals surface area (Å²) in [4.78, 5) is 24.4. The standard InChI is InChI=1S/C4H5N3O2.C4H7NO/c1-9-7-3(2-5)4(6)8;6-4-2-1-3-5-4/h1H3,(H2,6,8);1-3H2,(H,5,6). The van der Waals surface area contributed by atoms with Gasteiger partial charge in [0.05, 0.1) is 0 Å². The van der Waals surface area contributed by atoms with E-state index >= 15 is 0 Å². The van der Waals surface area contributed by atoms with Gasteiger partial charge in [0.1, 0.15) is 13.2 Å². The smallest absolute Gasteiger partial charge is 0.281 e. The molecule has 0 spiro atoms. The van der Waals surface area contributed by atoms with Gasteiger partial charge in [-0.05, 0) is 6.42 Å². The normalized spacial score (nSPS) is 14.4. The molecule has 15 heavy (non-hydrogen) atoms. The Morgan fingerprint density at radius 2 is 2.40 bits per heavy atom. The van der Waals surface area contributed by atoms with Crippen molar-refractivity contribution in [1.82, 2.24) is 5.32 Å². The van der Waals surface area contributed by atoms with E-state index in [2.05, 4.69) is 21.0 Å². The second kappa shape index (κ2) is 7.32. The maximum atomic E-state index is 10.1. The van der Waals surface area contributed by atoms with Crippen molar-refractivity contribution >= 4 is 17.5 Å². The fourth-order valence-electron chi connectivity index (χ4n) is 0.777. The van der Waals surface area contributed by atoms with E-state index in [-0.39, 0.29) is 5.91 Å². The maximum absolute atomic E-state index is 10.1. The maximum Gasteiger partial charge on any atom is 0.281 e. The van der Waals surface area contributed by atoms with Crippen molar-refractivity contribution in [2.75, 3.05) is 13.7 Å². The molecule has 1 aliphatic heterocycles. The molecule has 0 bridgehead atoms. The summed E-state index contributed by atoms with van der Waals surface area (Å²) in [6.45, 7) is 0.888. The van der Waals surface area contributed by atoms with E-state index in [1.165, 1.54) is 13.2 Å². The Kier molecular flexibility index (Phi) is 6.29. The number of nitrogens with two attached hydrogens (primary N) is 1. The van der Waals surface area contributed by atoms with Crippen LogP contribution in [0.4, 0.5) is 0 Å². The van der Waals surface area contributed by atoms with Crippen molar-refractivity contribution in [3.8, 4) is 6.07 Å². The summed E-state index contributed by atoms with van der Waals surface area (Å²) >= 11 is 0. The van der Waals surface area contributed by atoms with E-state index in [1.54, 1.807) is 0 Å². The minimum atomic E-state index is -0.889. The number of nitrogens with one attached hydrogen (secondary N) is 1. The summed E-state index contributed by atoms with van der Waals surface area (Å²) in [5.74, 6) is -0.686. The van der Waals surface area contributed by atoms with Gasteiger partial charge in [-0.25, -0.2) is 0 Å². The molecule has 1 fully saturated rings. The highest BCUT2D eigenvalue weighted by Crippen LogP contribution is 1.93. The topological polar surface area (TPSA) is 118 Å². The van der Waals surface area contributed by atoms with E-state index in [0.717, 1.165) is 19.4 Å². The van der Waals surface area contributed by atoms with Gasteiger partial charge in [0.15, 0.2) is 0 Å². The number of carbonyl (C=O) groups excluding carboxylic acids is 2. The van der Waals surface area contributed by atoms with Gasteiger partial charge < -0.3 is 15.9 Å². The predicted octanol–water partition coefficient (Wildman–Crippen LogP) is -1.11. The van der Waals surface area contributed by atoms with Crippen molar-refractivity contribution < 1.29 is 14.4 Å². The Bertz CT molecular complexity index is 297. The number of oxime groups is 1. The van der Waals surface area contributed by atoms with E-state index < -0.39 is 11.6 Å². The van der Waals surface area contributed by atoms with Crippen molar-refractivity contribution in [3.05, 3.63) is 0 Å². The van der Waals surface area contributed by atoms with E-state index in [0.29, 0.717) is 0 Å². The fraction of sp³-hybridized carbons (Fsp3) is 0.500. The summed E-state index contributed by atoms with van der Waals surface area (Å²) in [6.07, 6.45) is 1.76. The van der Waals surface area contributed by atoms with Crippen LogP contribution in [0.5, 0.6) is 0 Å². The third-order valence-corrected chi connectivity index (χ3v) is 1.42. The van der Waals surface area contributed by atoms with Crippen molar-refractivity contribution in [1.29, 1.82) is 5.26 Å². The van der Waals surface area contributed by atoms with Gasteiger partial charge in [0.2, 0.25) is 11.6 Å². The minimum Gasteiger partial charge on any atom is -0.398 e. The van der Waals surface area contributed by atoms with Crippen LogP contribution < -0.4 is 11.1 Å². The lowest BCUT2D eigenvalue weighted by molar-refractivity contribution is -0.119. The van der Waals surface area contributed by atoms with Crippen LogP contribution in [-0.2, 0) is 14.4 Å². The Morgan fingerprint density at radius 3 is 2.53 bits per heavy atom. The van der Waals surface area contributed by atoms with E-state index in [9.17, 15) is 9.59 Å². The van der Waals surface area contributed by atoms with Crippen molar-refractivity contribution in [3.63, 3.8) is 0 Å². The molecule has 82 valence electrons. The number of hydrogen-bond acceptors (Lipinski definition) is 5. The summed E-state index contributed by atoms with van der Waals surface area (Å²) in [5.41, 5.74) is 4.23. The number of amides is 2. The molecule has 1 aliphatic rings. The quantitative estimate of drug-likeness (QED) is 0.446. The Labute approximate surface area is 86.9 Å². The lowest BCUT2D eigenvalue weighted by atomic mass is 10.4. The van der Waals surface area contributed by atoms with Gasteiger partial charge in [-0.15, -0.1) is 0 Å². The molecule has 0 aromatic carbocycles. The fourth-order valence-corrected chi connectivity index (χ4v) is 0.777. The zero-order valence-corrected chi connectivity index (χ0v) is 8.32. The molecule has 1 saturated heterocycles. The molecule has 0 aromatic heterocycles. The number of nitriles is 1.